The van der Waals surface area contributed by atoms with Crippen LogP contribution < -0.4 is 0 Å². The van der Waals surface area contributed by atoms with Crippen LogP contribution in [0.25, 0.3) is 0 Å². The van der Waals surface area contributed by atoms with Gasteiger partial charge in [0, 0.05) is 39.8 Å². The number of rotatable bonds is 0. The Bertz CT molecular complexity index is 81.5. The van der Waals surface area contributed by atoms with Crippen LogP contribution in [0, 0.1) is 6.07 Å². The van der Waals surface area contributed by atoms with Gasteiger partial charge < -0.3 is 5.11 Å². The molecule has 1 nitrogen and oxygen atoms in total. The minimum atomic E-state index is 0. The van der Waals surface area contributed by atoms with E-state index in [-0.39, 0.29) is 32.7 Å². The van der Waals surface area contributed by atoms with Crippen LogP contribution in [0.1, 0.15) is 13.8 Å². The van der Waals surface area contributed by atoms with Crippen molar-refractivity contribution < 1.29 is 37.8 Å². The first-order valence-corrected chi connectivity index (χ1v) is 3.36. The number of hydrogen-bond donors (Lipinski definition) is 1. The van der Waals surface area contributed by atoms with Gasteiger partial charge >= 0.3 is 0 Å². The Morgan fingerprint density at radius 3 is 1.36 bits per heavy atom. The Kier molecular flexibility index (Phi) is 35.5. The normalized spacial score (nSPS) is 5.45. The summed E-state index contributed by atoms with van der Waals surface area (Å²) in [5.41, 5.74) is 0. The zero-order valence-corrected chi connectivity index (χ0v) is 10.2. The molecule has 11 heavy (non-hydrogen) atoms. The standard InChI is InChI=1S/C6H5.C2H6.CH4O.Y/c1-2-4-6-5-3-1;2*1-2;/h1-5H;1-2H3;2H,1H3;/q-1;;;. The molecule has 1 aromatic rings. The molecule has 1 aromatic carbocycles. The molecule has 0 saturated carbocycles. The van der Waals surface area contributed by atoms with Gasteiger partial charge in [-0.15, -0.1) is 0 Å². The summed E-state index contributed by atoms with van der Waals surface area (Å²) in [6.45, 7) is 4.00. The summed E-state index contributed by atoms with van der Waals surface area (Å²) in [5.74, 6) is 0. The Labute approximate surface area is 94.7 Å². The quantitative estimate of drug-likeness (QED) is 0.674. The summed E-state index contributed by atoms with van der Waals surface area (Å²) in [6, 6.07) is 12.5. The van der Waals surface area contributed by atoms with E-state index < -0.39 is 0 Å². The Balaban J connectivity index is -0.000000114. The van der Waals surface area contributed by atoms with Crippen molar-refractivity contribution in [3.05, 3.63) is 36.4 Å². The molecule has 1 rings (SSSR count). The van der Waals surface area contributed by atoms with Crippen LogP contribution in [0.2, 0.25) is 0 Å². The molecule has 0 bridgehead atoms. The van der Waals surface area contributed by atoms with Crippen molar-refractivity contribution in [3.8, 4) is 0 Å². The molecular formula is C9H15OY-. The summed E-state index contributed by atoms with van der Waals surface area (Å²) in [6.07, 6.45) is 0. The van der Waals surface area contributed by atoms with Crippen molar-refractivity contribution >= 4 is 0 Å². The molecule has 0 aromatic heterocycles. The maximum Gasteiger partial charge on any atom is 0.0319 e. The molecule has 0 spiro atoms. The van der Waals surface area contributed by atoms with Gasteiger partial charge in [0.25, 0.3) is 0 Å². The predicted molar refractivity (Wildman–Crippen MR) is 44.8 cm³/mol. The third-order valence-electron chi connectivity index (χ3n) is 0.607. The van der Waals surface area contributed by atoms with Gasteiger partial charge in [-0.2, -0.15) is 36.4 Å². The fourth-order valence-corrected chi connectivity index (χ4v) is 0.342. The largest absolute Gasteiger partial charge is 0.400 e. The zero-order valence-electron chi connectivity index (χ0n) is 7.41. The number of hydrogen-bond acceptors (Lipinski definition) is 1. The van der Waals surface area contributed by atoms with Crippen LogP contribution in [0.3, 0.4) is 0 Å². The van der Waals surface area contributed by atoms with Crippen molar-refractivity contribution in [3.63, 3.8) is 0 Å². The van der Waals surface area contributed by atoms with E-state index in [0.717, 1.165) is 7.11 Å². The van der Waals surface area contributed by atoms with Crippen molar-refractivity contribution in [1.29, 1.82) is 0 Å². The second-order valence-electron chi connectivity index (χ2n) is 1.08. The van der Waals surface area contributed by atoms with Crippen LogP contribution >= 0.6 is 0 Å². The van der Waals surface area contributed by atoms with E-state index in [1.54, 1.807) is 0 Å². The van der Waals surface area contributed by atoms with E-state index in [0.29, 0.717) is 0 Å². The van der Waals surface area contributed by atoms with Crippen LogP contribution in [0.5, 0.6) is 0 Å². The first-order valence-electron chi connectivity index (χ1n) is 3.36. The molecule has 61 valence electrons. The van der Waals surface area contributed by atoms with Gasteiger partial charge in [-0.05, 0) is 0 Å². The van der Waals surface area contributed by atoms with Gasteiger partial charge in [-0.3, -0.25) is 0 Å². The molecule has 0 saturated heterocycles. The fourth-order valence-electron chi connectivity index (χ4n) is 0.342. The maximum absolute atomic E-state index is 7.00. The van der Waals surface area contributed by atoms with Crippen LogP contribution in [-0.2, 0) is 32.7 Å². The van der Waals surface area contributed by atoms with Crippen molar-refractivity contribution in [1.82, 2.24) is 0 Å². The molecule has 2 heteroatoms. The molecule has 0 fully saturated rings. The smallest absolute Gasteiger partial charge is 0.0319 e. The molecule has 0 aliphatic rings. The second kappa shape index (κ2) is 22.4. The van der Waals surface area contributed by atoms with E-state index >= 15 is 0 Å². The average Bonchev–Trinajstić information content (AvgIpc) is 2.14. The summed E-state index contributed by atoms with van der Waals surface area (Å²) in [7, 11) is 1.00. The molecule has 1 radical (unpaired) electrons. The van der Waals surface area contributed by atoms with E-state index in [4.69, 9.17) is 5.11 Å². The first kappa shape index (κ1) is 17.4. The molecule has 0 unspecified atom stereocenters. The van der Waals surface area contributed by atoms with Crippen molar-refractivity contribution in [2.45, 2.75) is 13.8 Å². The molecule has 0 aliphatic carbocycles. The Morgan fingerprint density at radius 2 is 1.27 bits per heavy atom. The zero-order chi connectivity index (χ0) is 8.24. The SMILES string of the molecule is CC.CO.[Y].[c-]1ccccc1. The van der Waals surface area contributed by atoms with Crippen LogP contribution in [0.4, 0.5) is 0 Å². The summed E-state index contributed by atoms with van der Waals surface area (Å²) in [5, 5.41) is 7.00. The Hall–Kier alpha value is 0.284. The molecule has 0 aliphatic heterocycles. The van der Waals surface area contributed by atoms with Gasteiger partial charge in [0.15, 0.2) is 0 Å². The molecule has 1 N–H and O–H groups in total. The van der Waals surface area contributed by atoms with Gasteiger partial charge in [0.05, 0.1) is 0 Å². The number of aliphatic hydroxyl groups excluding tert-OH is 1. The third kappa shape index (κ3) is 17.9. The van der Waals surface area contributed by atoms with Gasteiger partial charge in [0.2, 0.25) is 0 Å². The van der Waals surface area contributed by atoms with E-state index in [1.807, 2.05) is 44.2 Å². The minimum absolute atomic E-state index is 0. The molecule has 0 heterocycles. The minimum Gasteiger partial charge on any atom is -0.400 e. The van der Waals surface area contributed by atoms with Crippen LogP contribution in [-0.4, -0.2) is 12.2 Å². The first-order chi connectivity index (χ1) is 5.00. The number of benzene rings is 1. The third-order valence-corrected chi connectivity index (χ3v) is 0.607. The van der Waals surface area contributed by atoms with Gasteiger partial charge in [0.1, 0.15) is 0 Å². The summed E-state index contributed by atoms with van der Waals surface area (Å²) in [4.78, 5) is 0. The van der Waals surface area contributed by atoms with Crippen molar-refractivity contribution in [2.24, 2.45) is 0 Å². The summed E-state index contributed by atoms with van der Waals surface area (Å²) < 4.78 is 0. The van der Waals surface area contributed by atoms with Gasteiger partial charge in [-0.1, -0.05) is 13.8 Å². The molecular weight excluding hydrogens is 213 g/mol. The second-order valence-corrected chi connectivity index (χ2v) is 1.08. The Morgan fingerprint density at radius 1 is 0.909 bits per heavy atom. The van der Waals surface area contributed by atoms with E-state index in [2.05, 4.69) is 6.07 Å². The van der Waals surface area contributed by atoms with E-state index in [9.17, 15) is 0 Å². The maximum atomic E-state index is 7.00. The van der Waals surface area contributed by atoms with Gasteiger partial charge in [-0.25, -0.2) is 0 Å². The number of aliphatic hydroxyl groups is 1. The topological polar surface area (TPSA) is 20.2 Å². The molecule has 0 amide bonds. The fraction of sp³-hybridized carbons (Fsp3) is 0.333. The van der Waals surface area contributed by atoms with Crippen molar-refractivity contribution in [2.75, 3.05) is 7.11 Å². The monoisotopic (exact) mass is 228 g/mol. The van der Waals surface area contributed by atoms with Crippen LogP contribution in [0.15, 0.2) is 30.3 Å². The predicted octanol–water partition coefficient (Wildman–Crippen LogP) is 2.12. The average molecular weight is 228 g/mol. The van der Waals surface area contributed by atoms with E-state index in [1.165, 1.54) is 0 Å². The summed E-state index contributed by atoms with van der Waals surface area (Å²) >= 11 is 0. The molecule has 0 atom stereocenters.